The molecular formula is C24H17BrClNO3S. The summed E-state index contributed by atoms with van der Waals surface area (Å²) in [6.45, 7) is 0. The maximum Gasteiger partial charge on any atom is 0.335 e. The van der Waals surface area contributed by atoms with Crippen molar-refractivity contribution in [3.8, 4) is 11.4 Å². The van der Waals surface area contributed by atoms with Crippen LogP contribution < -0.4 is 4.74 Å². The molecule has 31 heavy (non-hydrogen) atoms. The smallest absolute Gasteiger partial charge is 0.335 e. The molecule has 156 valence electrons. The number of hydrogen-bond donors (Lipinski definition) is 0. The number of methoxy groups -OCH3 is 1. The van der Waals surface area contributed by atoms with Gasteiger partial charge in [-0.2, -0.15) is 8.42 Å². The summed E-state index contributed by atoms with van der Waals surface area (Å²) >= 11 is 9.24. The third-order valence-corrected chi connectivity index (χ3v) is 6.02. The van der Waals surface area contributed by atoms with Gasteiger partial charge in [0, 0.05) is 28.0 Å². The minimum atomic E-state index is -0.750. The third kappa shape index (κ3) is 4.24. The lowest BCUT2D eigenvalue weighted by Gasteiger charge is -2.12. The molecule has 4 aromatic rings. The number of fused-ring (bicyclic) bond motifs is 2. The lowest BCUT2D eigenvalue weighted by molar-refractivity contribution is 0.415. The molecule has 0 aliphatic heterocycles. The van der Waals surface area contributed by atoms with Gasteiger partial charge in [0.05, 0.1) is 23.3 Å². The van der Waals surface area contributed by atoms with Crippen molar-refractivity contribution in [1.82, 2.24) is 4.57 Å². The fraction of sp³-hybridized carbons (Fsp3) is 0.0833. The van der Waals surface area contributed by atoms with E-state index in [0.29, 0.717) is 10.8 Å². The summed E-state index contributed by atoms with van der Waals surface area (Å²) in [6, 6.07) is 23.1. The fourth-order valence-corrected chi connectivity index (χ4v) is 4.59. The Morgan fingerprint density at radius 3 is 2.48 bits per heavy atom. The van der Waals surface area contributed by atoms with Crippen LogP contribution in [0.3, 0.4) is 0 Å². The van der Waals surface area contributed by atoms with E-state index in [0.717, 1.165) is 27.5 Å². The van der Waals surface area contributed by atoms with Crippen molar-refractivity contribution >= 4 is 61.7 Å². The Morgan fingerprint density at radius 1 is 1.03 bits per heavy atom. The molecule has 1 aliphatic rings. The SMILES string of the molecule is COc1cc2c(cc1Cl)cc(C1=Cc3ccc(Br)cc3C1)n2-c1ccccc1.O=S=O. The van der Waals surface area contributed by atoms with Gasteiger partial charge in [0.25, 0.3) is 0 Å². The summed E-state index contributed by atoms with van der Waals surface area (Å²) < 4.78 is 25.5. The molecule has 0 unspecified atom stereocenters. The zero-order valence-corrected chi connectivity index (χ0v) is 19.6. The number of rotatable bonds is 3. The third-order valence-electron chi connectivity index (χ3n) is 5.23. The van der Waals surface area contributed by atoms with Gasteiger partial charge in [0.2, 0.25) is 0 Å². The quantitative estimate of drug-likeness (QED) is 0.314. The normalized spacial score (nSPS) is 12.0. The van der Waals surface area contributed by atoms with Gasteiger partial charge in [-0.3, -0.25) is 0 Å². The zero-order chi connectivity index (χ0) is 22.0. The van der Waals surface area contributed by atoms with E-state index < -0.39 is 11.6 Å². The predicted octanol–water partition coefficient (Wildman–Crippen LogP) is 6.48. The van der Waals surface area contributed by atoms with Crippen molar-refractivity contribution in [3.05, 3.63) is 93.0 Å². The van der Waals surface area contributed by atoms with E-state index in [9.17, 15) is 0 Å². The van der Waals surface area contributed by atoms with Gasteiger partial charge in [0.15, 0.2) is 0 Å². The minimum Gasteiger partial charge on any atom is -0.495 e. The molecule has 0 fully saturated rings. The van der Waals surface area contributed by atoms with Crippen LogP contribution >= 0.6 is 27.5 Å². The van der Waals surface area contributed by atoms with E-state index >= 15 is 0 Å². The first kappa shape index (κ1) is 21.6. The number of nitrogens with zero attached hydrogens (tertiary/aromatic N) is 1. The molecule has 0 saturated heterocycles. The van der Waals surface area contributed by atoms with Crippen molar-refractivity contribution in [3.63, 3.8) is 0 Å². The van der Waals surface area contributed by atoms with Crippen LogP contribution in [0, 0.1) is 0 Å². The van der Waals surface area contributed by atoms with Gasteiger partial charge >= 0.3 is 11.6 Å². The molecule has 1 heterocycles. The maximum atomic E-state index is 8.29. The second-order valence-electron chi connectivity index (χ2n) is 7.00. The molecule has 0 radical (unpaired) electrons. The number of hydrogen-bond acceptors (Lipinski definition) is 3. The van der Waals surface area contributed by atoms with E-state index in [1.165, 1.54) is 22.4 Å². The number of para-hydroxylation sites is 1. The number of aromatic nitrogens is 1. The van der Waals surface area contributed by atoms with Crippen molar-refractivity contribution in [2.45, 2.75) is 6.42 Å². The van der Waals surface area contributed by atoms with E-state index in [4.69, 9.17) is 24.8 Å². The van der Waals surface area contributed by atoms with Crippen LogP contribution in [0.4, 0.5) is 0 Å². The molecule has 3 aromatic carbocycles. The molecule has 4 nitrogen and oxygen atoms in total. The highest BCUT2D eigenvalue weighted by molar-refractivity contribution is 9.10. The highest BCUT2D eigenvalue weighted by atomic mass is 79.9. The van der Waals surface area contributed by atoms with Gasteiger partial charge in [-0.25, -0.2) is 0 Å². The predicted molar refractivity (Wildman–Crippen MR) is 129 cm³/mol. The Kier molecular flexibility index (Phi) is 6.41. The van der Waals surface area contributed by atoms with Crippen molar-refractivity contribution in [2.24, 2.45) is 0 Å². The topological polar surface area (TPSA) is 48.3 Å². The first-order valence-electron chi connectivity index (χ1n) is 9.41. The minimum absolute atomic E-state index is 0.624. The molecule has 0 amide bonds. The number of allylic oxidation sites excluding steroid dienone is 1. The van der Waals surface area contributed by atoms with Gasteiger partial charge in [-0.1, -0.05) is 51.8 Å². The molecule has 0 saturated carbocycles. The maximum absolute atomic E-state index is 8.29. The average molecular weight is 515 g/mol. The molecule has 7 heteroatoms. The molecule has 0 N–H and O–H groups in total. The van der Waals surface area contributed by atoms with Crippen molar-refractivity contribution < 1.29 is 13.2 Å². The van der Waals surface area contributed by atoms with Gasteiger partial charge in [0.1, 0.15) is 5.75 Å². The summed E-state index contributed by atoms with van der Waals surface area (Å²) in [5, 5.41) is 1.72. The van der Waals surface area contributed by atoms with Crippen LogP contribution in [0.1, 0.15) is 16.8 Å². The van der Waals surface area contributed by atoms with Gasteiger partial charge in [-0.05, 0) is 59.2 Å². The first-order chi connectivity index (χ1) is 15.0. The molecule has 0 atom stereocenters. The number of ether oxygens (including phenoxy) is 1. The number of halogens is 2. The standard InChI is InChI=1S/C24H17BrClNO.O2S/c1-28-24-14-23-18(12-21(24)26)13-22(27(23)20-5-3-2-4-6-20)17-9-15-7-8-19(25)11-16(15)10-17;1-3-2/h2-9,11-14H,10H2,1H3;. The summed E-state index contributed by atoms with van der Waals surface area (Å²) in [6.07, 6.45) is 3.19. The second-order valence-corrected chi connectivity index (χ2v) is 8.46. The lowest BCUT2D eigenvalue weighted by atomic mass is 10.1. The first-order valence-corrected chi connectivity index (χ1v) is 11.2. The highest BCUT2D eigenvalue weighted by Gasteiger charge is 2.21. The van der Waals surface area contributed by atoms with Gasteiger partial charge in [-0.15, -0.1) is 0 Å². The van der Waals surface area contributed by atoms with Crippen molar-refractivity contribution in [1.29, 1.82) is 0 Å². The van der Waals surface area contributed by atoms with Gasteiger partial charge < -0.3 is 9.30 Å². The summed E-state index contributed by atoms with van der Waals surface area (Å²) in [4.78, 5) is 0. The Labute approximate surface area is 196 Å². The van der Waals surface area contributed by atoms with Crippen LogP contribution in [-0.2, 0) is 18.0 Å². The summed E-state index contributed by atoms with van der Waals surface area (Å²) in [5.41, 5.74) is 7.29. The van der Waals surface area contributed by atoms with E-state index in [-0.39, 0.29) is 0 Å². The van der Waals surface area contributed by atoms with Crippen LogP contribution in [-0.4, -0.2) is 20.1 Å². The van der Waals surface area contributed by atoms with Crippen LogP contribution in [0.15, 0.2) is 71.2 Å². The summed E-state index contributed by atoms with van der Waals surface area (Å²) in [5.74, 6) is 0.684. The Hall–Kier alpha value is -2.67. The molecule has 1 aromatic heterocycles. The average Bonchev–Trinajstić information content (AvgIpc) is 3.34. The Balaban J connectivity index is 0.000000730. The lowest BCUT2D eigenvalue weighted by Crippen LogP contribution is -2.00. The van der Waals surface area contributed by atoms with Crippen LogP contribution in [0.25, 0.3) is 28.2 Å². The molecular weight excluding hydrogens is 498 g/mol. The molecule has 1 aliphatic carbocycles. The molecule has 0 spiro atoms. The van der Waals surface area contributed by atoms with E-state index in [1.807, 2.05) is 18.2 Å². The van der Waals surface area contributed by atoms with Crippen LogP contribution in [0.2, 0.25) is 5.02 Å². The van der Waals surface area contributed by atoms with Crippen molar-refractivity contribution in [2.75, 3.05) is 7.11 Å². The Bertz CT molecular complexity index is 1340. The van der Waals surface area contributed by atoms with E-state index in [2.05, 4.69) is 75.1 Å². The Morgan fingerprint density at radius 2 is 1.77 bits per heavy atom. The number of benzene rings is 3. The van der Waals surface area contributed by atoms with E-state index in [1.54, 1.807) is 7.11 Å². The second kappa shape index (κ2) is 9.22. The molecule has 0 bridgehead atoms. The highest BCUT2D eigenvalue weighted by Crippen LogP contribution is 2.39. The summed E-state index contributed by atoms with van der Waals surface area (Å²) in [7, 11) is 1.65. The fourth-order valence-electron chi connectivity index (χ4n) is 3.93. The largest absolute Gasteiger partial charge is 0.495 e. The monoisotopic (exact) mass is 513 g/mol. The van der Waals surface area contributed by atoms with Crippen LogP contribution in [0.5, 0.6) is 5.75 Å². The molecule has 5 rings (SSSR count). The zero-order valence-electron chi connectivity index (χ0n) is 16.5.